The van der Waals surface area contributed by atoms with Crippen molar-refractivity contribution < 1.29 is 9.59 Å². The molecule has 4 rings (SSSR count). The van der Waals surface area contributed by atoms with E-state index in [-0.39, 0.29) is 17.9 Å². The molecule has 2 amide bonds. The van der Waals surface area contributed by atoms with Gasteiger partial charge < -0.3 is 15.6 Å². The minimum atomic E-state index is -0.270. The van der Waals surface area contributed by atoms with E-state index in [9.17, 15) is 9.59 Å². The first kappa shape index (κ1) is 24.3. The lowest BCUT2D eigenvalue weighted by Crippen LogP contribution is -2.28. The van der Waals surface area contributed by atoms with Crippen molar-refractivity contribution in [3.63, 3.8) is 0 Å². The van der Waals surface area contributed by atoms with Crippen molar-refractivity contribution in [3.05, 3.63) is 65.3 Å². The van der Waals surface area contributed by atoms with Gasteiger partial charge >= 0.3 is 0 Å². The maximum absolute atomic E-state index is 12.7. The first-order valence-electron chi connectivity index (χ1n) is 11.6. The fourth-order valence-electron chi connectivity index (χ4n) is 3.84. The van der Waals surface area contributed by atoms with Gasteiger partial charge in [0, 0.05) is 32.3 Å². The molecule has 3 aromatic heterocycles. The number of hydrogen-bond acceptors (Lipinski definition) is 6. The third-order valence-electron chi connectivity index (χ3n) is 5.80. The van der Waals surface area contributed by atoms with Gasteiger partial charge in [-0.3, -0.25) is 19.3 Å². The molecular weight excluding hydrogens is 462 g/mol. The molecule has 35 heavy (non-hydrogen) atoms. The first-order valence-corrected chi connectivity index (χ1v) is 12.5. The van der Waals surface area contributed by atoms with Crippen LogP contribution in [0.1, 0.15) is 53.6 Å². The standard InChI is InChI=1S/C25H29N7O2S/c1-26-23(33)7-5-3-4-6-20(31-25(34)22-14-27-16-35-22)24-28-13-21(30-24)18-10-8-17(9-11-18)19-12-29-32(2)15-19/h8-16,20H,3-7H2,1-2H3,(H,26,33)(H,28,30)(H,31,34)/t20-/m0/s1. The largest absolute Gasteiger partial charge is 0.359 e. The average molecular weight is 492 g/mol. The summed E-state index contributed by atoms with van der Waals surface area (Å²) >= 11 is 1.30. The van der Waals surface area contributed by atoms with Crippen LogP contribution in [0.5, 0.6) is 0 Å². The van der Waals surface area contributed by atoms with Crippen LogP contribution in [0.25, 0.3) is 22.4 Å². The lowest BCUT2D eigenvalue weighted by molar-refractivity contribution is -0.120. The van der Waals surface area contributed by atoms with Crippen molar-refractivity contribution in [2.75, 3.05) is 7.05 Å². The van der Waals surface area contributed by atoms with Gasteiger partial charge in [-0.05, 0) is 24.0 Å². The summed E-state index contributed by atoms with van der Waals surface area (Å²) in [5.74, 6) is 0.590. The number of unbranched alkanes of at least 4 members (excludes halogenated alkanes) is 2. The quantitative estimate of drug-likeness (QED) is 0.273. The molecule has 0 aliphatic rings. The Hall–Kier alpha value is -3.79. The highest BCUT2D eigenvalue weighted by molar-refractivity contribution is 7.11. The van der Waals surface area contributed by atoms with Gasteiger partial charge in [-0.1, -0.05) is 37.1 Å². The number of aryl methyl sites for hydroxylation is 1. The van der Waals surface area contributed by atoms with E-state index in [0.717, 1.165) is 41.6 Å². The zero-order valence-electron chi connectivity index (χ0n) is 19.8. The molecule has 0 aliphatic carbocycles. The van der Waals surface area contributed by atoms with E-state index in [1.54, 1.807) is 29.6 Å². The zero-order valence-corrected chi connectivity index (χ0v) is 20.6. The van der Waals surface area contributed by atoms with Crippen molar-refractivity contribution in [1.82, 2.24) is 35.4 Å². The van der Waals surface area contributed by atoms with E-state index in [4.69, 9.17) is 0 Å². The van der Waals surface area contributed by atoms with E-state index in [0.29, 0.717) is 23.5 Å². The Morgan fingerprint density at radius 3 is 2.54 bits per heavy atom. The molecule has 0 aliphatic heterocycles. The van der Waals surface area contributed by atoms with Crippen LogP contribution in [-0.4, -0.2) is 43.6 Å². The van der Waals surface area contributed by atoms with Crippen LogP contribution in [0, 0.1) is 0 Å². The molecule has 1 atom stereocenters. The second kappa shape index (κ2) is 11.6. The highest BCUT2D eigenvalue weighted by Crippen LogP contribution is 2.26. The number of thiazole rings is 1. The molecule has 0 bridgehead atoms. The first-order chi connectivity index (χ1) is 17.0. The maximum atomic E-state index is 12.7. The number of H-pyrrole nitrogens is 1. The molecule has 0 saturated heterocycles. The smallest absolute Gasteiger partial charge is 0.263 e. The normalized spacial score (nSPS) is 11.8. The van der Waals surface area contributed by atoms with Crippen LogP contribution < -0.4 is 10.6 Å². The minimum absolute atomic E-state index is 0.0465. The third kappa shape index (κ3) is 6.42. The monoisotopic (exact) mass is 491 g/mol. The molecule has 0 spiro atoms. The van der Waals surface area contributed by atoms with Crippen molar-refractivity contribution in [1.29, 1.82) is 0 Å². The Bertz CT molecular complexity index is 1250. The second-order valence-corrected chi connectivity index (χ2v) is 9.21. The summed E-state index contributed by atoms with van der Waals surface area (Å²) in [6.07, 6.45) is 11.0. The van der Waals surface area contributed by atoms with Crippen molar-refractivity contribution in [2.24, 2.45) is 7.05 Å². The van der Waals surface area contributed by atoms with Crippen LogP contribution in [0.2, 0.25) is 0 Å². The Morgan fingerprint density at radius 2 is 1.86 bits per heavy atom. The molecule has 3 heterocycles. The Balaban J connectivity index is 1.45. The number of aromatic nitrogens is 5. The van der Waals surface area contributed by atoms with Gasteiger partial charge in [0.05, 0.1) is 35.8 Å². The number of imidazole rings is 1. The topological polar surface area (TPSA) is 118 Å². The summed E-state index contributed by atoms with van der Waals surface area (Å²) in [6, 6.07) is 7.94. The summed E-state index contributed by atoms with van der Waals surface area (Å²) in [5.41, 5.74) is 5.69. The summed E-state index contributed by atoms with van der Waals surface area (Å²) in [7, 11) is 3.55. The van der Waals surface area contributed by atoms with Crippen LogP contribution in [0.3, 0.4) is 0 Å². The Kier molecular flexibility index (Phi) is 8.04. The molecule has 9 nitrogen and oxygen atoms in total. The van der Waals surface area contributed by atoms with Gasteiger partial charge in [0.25, 0.3) is 5.91 Å². The molecule has 0 fully saturated rings. The van der Waals surface area contributed by atoms with Crippen LogP contribution in [0.15, 0.2) is 54.6 Å². The zero-order chi connectivity index (χ0) is 24.6. The van der Waals surface area contributed by atoms with Crippen LogP contribution in [0.4, 0.5) is 0 Å². The SMILES string of the molecule is CNC(=O)CCCCC[C@H](NC(=O)c1cncs1)c1ncc(-c2ccc(-c3cnn(C)c3)cc2)[nH]1. The minimum Gasteiger partial charge on any atom is -0.359 e. The van der Waals surface area contributed by atoms with Crippen molar-refractivity contribution in [3.8, 4) is 22.4 Å². The van der Waals surface area contributed by atoms with Gasteiger partial charge in [-0.2, -0.15) is 5.10 Å². The number of nitrogens with one attached hydrogen (secondary N) is 3. The van der Waals surface area contributed by atoms with E-state index in [1.807, 2.05) is 31.6 Å². The van der Waals surface area contributed by atoms with Gasteiger partial charge in [0.1, 0.15) is 10.7 Å². The molecule has 0 unspecified atom stereocenters. The number of carbonyl (C=O) groups is 2. The number of carbonyl (C=O) groups excluding carboxylic acids is 2. The summed E-state index contributed by atoms with van der Waals surface area (Å²) in [5, 5.41) is 9.97. The molecule has 0 radical (unpaired) electrons. The number of amides is 2. The Morgan fingerprint density at radius 1 is 1.06 bits per heavy atom. The highest BCUT2D eigenvalue weighted by atomic mass is 32.1. The van der Waals surface area contributed by atoms with E-state index >= 15 is 0 Å². The third-order valence-corrected chi connectivity index (χ3v) is 6.57. The maximum Gasteiger partial charge on any atom is 0.263 e. The molecule has 10 heteroatoms. The molecule has 4 aromatic rings. The fraction of sp³-hybridized carbons (Fsp3) is 0.320. The average Bonchev–Trinajstić information content (AvgIpc) is 3.65. The molecule has 3 N–H and O–H groups in total. The predicted molar refractivity (Wildman–Crippen MR) is 136 cm³/mol. The van der Waals surface area contributed by atoms with Gasteiger partial charge in [-0.15, -0.1) is 11.3 Å². The lowest BCUT2D eigenvalue weighted by atomic mass is 10.1. The van der Waals surface area contributed by atoms with E-state index in [2.05, 4.69) is 42.8 Å². The second-order valence-electron chi connectivity index (χ2n) is 8.33. The molecule has 0 saturated carbocycles. The number of nitrogens with zero attached hydrogens (tertiary/aromatic N) is 4. The van der Waals surface area contributed by atoms with Crippen molar-refractivity contribution in [2.45, 2.75) is 38.1 Å². The van der Waals surface area contributed by atoms with Gasteiger partial charge in [0.2, 0.25) is 5.91 Å². The summed E-state index contributed by atoms with van der Waals surface area (Å²) < 4.78 is 1.78. The van der Waals surface area contributed by atoms with Crippen molar-refractivity contribution >= 4 is 23.2 Å². The lowest BCUT2D eigenvalue weighted by Gasteiger charge is -2.16. The Labute approximate surface area is 208 Å². The number of rotatable bonds is 11. The molecule has 1 aromatic carbocycles. The van der Waals surface area contributed by atoms with E-state index in [1.165, 1.54) is 11.3 Å². The van der Waals surface area contributed by atoms with Gasteiger partial charge in [0.15, 0.2) is 0 Å². The van der Waals surface area contributed by atoms with Gasteiger partial charge in [-0.25, -0.2) is 4.98 Å². The molecule has 182 valence electrons. The summed E-state index contributed by atoms with van der Waals surface area (Å²) in [6.45, 7) is 0. The van der Waals surface area contributed by atoms with E-state index < -0.39 is 0 Å². The fourth-order valence-corrected chi connectivity index (χ4v) is 4.37. The van der Waals surface area contributed by atoms with Crippen LogP contribution in [-0.2, 0) is 11.8 Å². The number of benzene rings is 1. The number of aromatic amines is 1. The summed E-state index contributed by atoms with van der Waals surface area (Å²) in [4.78, 5) is 36.7. The predicted octanol–water partition coefficient (Wildman–Crippen LogP) is 4.10. The number of hydrogen-bond donors (Lipinski definition) is 3. The van der Waals surface area contributed by atoms with Crippen LogP contribution >= 0.6 is 11.3 Å². The highest BCUT2D eigenvalue weighted by Gasteiger charge is 2.20. The molecular formula is C25H29N7O2S.